The maximum Gasteiger partial charge on any atom is 0.0524 e. The molecule has 124 valence electrons. The van der Waals surface area contributed by atoms with Crippen LogP contribution in [-0.4, -0.2) is 11.8 Å². The molecule has 3 rings (SSSR count). The van der Waals surface area contributed by atoms with Gasteiger partial charge in [-0.2, -0.15) is 0 Å². The molecule has 0 radical (unpaired) electrons. The van der Waals surface area contributed by atoms with E-state index in [2.05, 4.69) is 87.6 Å². The van der Waals surface area contributed by atoms with Crippen LogP contribution >= 0.6 is 7.92 Å². The minimum Gasteiger partial charge on any atom is -0.287 e. The van der Waals surface area contributed by atoms with Crippen molar-refractivity contribution in [1.29, 1.82) is 0 Å². The second kappa shape index (κ2) is 7.45. The first-order chi connectivity index (χ1) is 11.5. The Bertz CT molecular complexity index is 684. The van der Waals surface area contributed by atoms with E-state index in [9.17, 15) is 0 Å². The molecule has 0 spiro atoms. The van der Waals surface area contributed by atoms with E-state index in [1.807, 2.05) is 0 Å². The van der Waals surface area contributed by atoms with Gasteiger partial charge in [0, 0.05) is 6.21 Å². The van der Waals surface area contributed by atoms with Crippen LogP contribution in [0.25, 0.3) is 0 Å². The fourth-order valence-electron chi connectivity index (χ4n) is 3.03. The van der Waals surface area contributed by atoms with E-state index in [4.69, 9.17) is 4.99 Å². The van der Waals surface area contributed by atoms with Crippen LogP contribution in [0.5, 0.6) is 0 Å². The van der Waals surface area contributed by atoms with Gasteiger partial charge in [0.2, 0.25) is 0 Å². The van der Waals surface area contributed by atoms with E-state index < -0.39 is 7.92 Å². The molecular weight excluding hydrogens is 309 g/mol. The smallest absolute Gasteiger partial charge is 0.0524 e. The molecule has 2 heteroatoms. The van der Waals surface area contributed by atoms with E-state index in [1.54, 1.807) is 5.31 Å². The largest absolute Gasteiger partial charge is 0.287 e. The van der Waals surface area contributed by atoms with E-state index in [1.165, 1.54) is 29.0 Å². The van der Waals surface area contributed by atoms with Crippen LogP contribution in [0.4, 0.5) is 0 Å². The van der Waals surface area contributed by atoms with Gasteiger partial charge < -0.3 is 0 Å². The Labute approximate surface area is 147 Å². The van der Waals surface area contributed by atoms with Crippen LogP contribution in [0.2, 0.25) is 0 Å². The lowest BCUT2D eigenvalue weighted by Gasteiger charge is -2.21. The molecule has 0 amide bonds. The molecule has 1 aliphatic carbocycles. The molecule has 1 aliphatic rings. The molecule has 0 atom stereocenters. The molecule has 0 aromatic heterocycles. The Morgan fingerprint density at radius 2 is 1.38 bits per heavy atom. The van der Waals surface area contributed by atoms with Crippen LogP contribution in [-0.2, 0) is 0 Å². The summed E-state index contributed by atoms with van der Waals surface area (Å²) in [5.74, 6) is 0. The molecular formula is C22H26NP. The summed E-state index contributed by atoms with van der Waals surface area (Å²) < 4.78 is 0. The van der Waals surface area contributed by atoms with Gasteiger partial charge >= 0.3 is 0 Å². The number of hydrogen-bond acceptors (Lipinski definition) is 1. The van der Waals surface area contributed by atoms with Gasteiger partial charge in [-0.15, -0.1) is 0 Å². The number of nitrogens with zero attached hydrogens (tertiary/aromatic N) is 1. The Balaban J connectivity index is 2.06. The first-order valence-electron chi connectivity index (χ1n) is 8.72. The normalized spacial score (nSPS) is 15.7. The van der Waals surface area contributed by atoms with Crippen LogP contribution in [0, 0.1) is 0 Å². The Hall–Kier alpha value is -1.72. The molecule has 0 unspecified atom stereocenters. The van der Waals surface area contributed by atoms with Crippen molar-refractivity contribution < 1.29 is 0 Å². The number of hydrogen-bond donors (Lipinski definition) is 0. The predicted molar refractivity (Wildman–Crippen MR) is 108 cm³/mol. The summed E-state index contributed by atoms with van der Waals surface area (Å²) in [4.78, 5) is 4.79. The van der Waals surface area contributed by atoms with Gasteiger partial charge in [-0.1, -0.05) is 60.7 Å². The van der Waals surface area contributed by atoms with E-state index >= 15 is 0 Å². The molecule has 1 nitrogen and oxygen atoms in total. The second-order valence-corrected chi connectivity index (χ2v) is 9.50. The minimum absolute atomic E-state index is 0.0110. The summed E-state index contributed by atoms with van der Waals surface area (Å²) in [7, 11) is -0.450. The Morgan fingerprint density at radius 1 is 0.833 bits per heavy atom. The van der Waals surface area contributed by atoms with Crippen molar-refractivity contribution in [1.82, 2.24) is 0 Å². The molecule has 2 aromatic rings. The zero-order chi connectivity index (χ0) is 17.0. The zero-order valence-electron chi connectivity index (χ0n) is 14.9. The molecule has 2 aromatic carbocycles. The molecule has 24 heavy (non-hydrogen) atoms. The van der Waals surface area contributed by atoms with Crippen molar-refractivity contribution >= 4 is 24.7 Å². The maximum absolute atomic E-state index is 4.79. The molecule has 0 bridgehead atoms. The van der Waals surface area contributed by atoms with Gasteiger partial charge in [-0.25, -0.2) is 0 Å². The SMILES string of the molecule is CC(C)(C)N=CC1=C(P(c2ccccc2)c2ccccc2)CCC1. The van der Waals surface area contributed by atoms with Crippen molar-refractivity contribution in [2.45, 2.75) is 45.6 Å². The van der Waals surface area contributed by atoms with Gasteiger partial charge in [-0.3, -0.25) is 4.99 Å². The molecule has 0 fully saturated rings. The number of aliphatic imine (C=N–C) groups is 1. The second-order valence-electron chi connectivity index (χ2n) is 7.26. The standard InChI is InChI=1S/C22H26NP/c1-22(2,3)23-17-18-11-10-16-21(18)24(19-12-6-4-7-13-19)20-14-8-5-9-15-20/h4-9,12-15,17H,10-11,16H2,1-3H3. The van der Waals surface area contributed by atoms with Crippen molar-refractivity contribution in [2.75, 3.05) is 0 Å². The topological polar surface area (TPSA) is 12.4 Å². The molecule has 0 saturated heterocycles. The van der Waals surface area contributed by atoms with Crippen molar-refractivity contribution in [3.8, 4) is 0 Å². The quantitative estimate of drug-likeness (QED) is 0.522. The average molecular weight is 335 g/mol. The lowest BCUT2D eigenvalue weighted by atomic mass is 10.1. The molecule has 0 saturated carbocycles. The predicted octanol–water partition coefficient (Wildman–Crippen LogP) is 5.43. The van der Waals surface area contributed by atoms with Crippen LogP contribution < -0.4 is 10.6 Å². The van der Waals surface area contributed by atoms with E-state index in [0.29, 0.717) is 0 Å². The van der Waals surface area contributed by atoms with Gasteiger partial charge in [0.15, 0.2) is 0 Å². The first-order valence-corrected chi connectivity index (χ1v) is 10.1. The third kappa shape index (κ3) is 4.22. The van der Waals surface area contributed by atoms with Gasteiger partial charge in [0.1, 0.15) is 0 Å². The Kier molecular flexibility index (Phi) is 5.31. The summed E-state index contributed by atoms with van der Waals surface area (Å²) in [6, 6.07) is 22.0. The first kappa shape index (κ1) is 17.1. The highest BCUT2D eigenvalue weighted by Gasteiger charge is 2.24. The van der Waals surface area contributed by atoms with Gasteiger partial charge in [-0.05, 0) is 69.5 Å². The summed E-state index contributed by atoms with van der Waals surface area (Å²) in [6.45, 7) is 6.49. The highest BCUT2D eigenvalue weighted by Crippen LogP contribution is 2.50. The Morgan fingerprint density at radius 3 is 1.88 bits per heavy atom. The fraction of sp³-hybridized carbons (Fsp3) is 0.318. The van der Waals surface area contributed by atoms with Crippen LogP contribution in [0.1, 0.15) is 40.0 Å². The minimum atomic E-state index is -0.450. The van der Waals surface area contributed by atoms with Gasteiger partial charge in [0.25, 0.3) is 0 Å². The summed E-state index contributed by atoms with van der Waals surface area (Å²) in [5.41, 5.74) is 1.45. The third-order valence-electron chi connectivity index (χ3n) is 4.14. The van der Waals surface area contributed by atoms with Crippen LogP contribution in [0.3, 0.4) is 0 Å². The fourth-order valence-corrected chi connectivity index (χ4v) is 5.73. The average Bonchev–Trinajstić information content (AvgIpc) is 3.03. The molecule has 0 heterocycles. The summed E-state index contributed by atoms with van der Waals surface area (Å²) in [5, 5.41) is 4.49. The van der Waals surface area contributed by atoms with Crippen molar-refractivity contribution in [2.24, 2.45) is 4.99 Å². The highest BCUT2D eigenvalue weighted by molar-refractivity contribution is 7.76. The number of allylic oxidation sites excluding steroid dienone is 2. The maximum atomic E-state index is 4.79. The lowest BCUT2D eigenvalue weighted by molar-refractivity contribution is 0.586. The lowest BCUT2D eigenvalue weighted by Crippen LogP contribution is -2.13. The van der Waals surface area contributed by atoms with Crippen LogP contribution in [0.15, 0.2) is 76.5 Å². The molecule has 0 N–H and O–H groups in total. The summed E-state index contributed by atoms with van der Waals surface area (Å²) >= 11 is 0. The zero-order valence-corrected chi connectivity index (χ0v) is 15.8. The van der Waals surface area contributed by atoms with Crippen molar-refractivity contribution in [3.63, 3.8) is 0 Å². The monoisotopic (exact) mass is 335 g/mol. The van der Waals surface area contributed by atoms with E-state index in [-0.39, 0.29) is 5.54 Å². The highest BCUT2D eigenvalue weighted by atomic mass is 31.1. The molecule has 0 aliphatic heterocycles. The number of benzene rings is 2. The van der Waals surface area contributed by atoms with Gasteiger partial charge in [0.05, 0.1) is 5.54 Å². The summed E-state index contributed by atoms with van der Waals surface area (Å²) in [6.07, 6.45) is 5.76. The van der Waals surface area contributed by atoms with Crippen molar-refractivity contribution in [3.05, 3.63) is 71.6 Å². The van der Waals surface area contributed by atoms with E-state index in [0.717, 1.165) is 6.42 Å². The third-order valence-corrected chi connectivity index (χ3v) is 6.82. The number of rotatable bonds is 4.